The number of aromatic amines is 2. The number of nitrogens with zero attached hydrogens (tertiary/aromatic N) is 1. The summed E-state index contributed by atoms with van der Waals surface area (Å²) in [6, 6.07) is 13.4. The highest BCUT2D eigenvalue weighted by Gasteiger charge is 2.30. The Bertz CT molecular complexity index is 1230. The monoisotopic (exact) mass is 401 g/mol. The number of benzene rings is 2. The van der Waals surface area contributed by atoms with E-state index in [0.29, 0.717) is 12.0 Å². The third-order valence-corrected chi connectivity index (χ3v) is 7.01. The maximum absolute atomic E-state index is 6.19. The highest BCUT2D eigenvalue weighted by Crippen LogP contribution is 2.37. The van der Waals surface area contributed by atoms with Gasteiger partial charge in [-0.05, 0) is 66.1 Å². The molecule has 3 nitrogen and oxygen atoms in total. The van der Waals surface area contributed by atoms with Crippen LogP contribution in [0.3, 0.4) is 0 Å². The van der Waals surface area contributed by atoms with Crippen molar-refractivity contribution in [3.63, 3.8) is 0 Å². The van der Waals surface area contributed by atoms with Crippen molar-refractivity contribution in [2.75, 3.05) is 13.1 Å². The van der Waals surface area contributed by atoms with E-state index in [9.17, 15) is 0 Å². The van der Waals surface area contributed by atoms with Gasteiger partial charge in [-0.15, -0.1) is 0 Å². The van der Waals surface area contributed by atoms with Crippen LogP contribution in [0.4, 0.5) is 0 Å². The number of hydrogen-bond acceptors (Lipinski definition) is 1. The average Bonchev–Trinajstić information content (AvgIpc) is 3.45. The first kappa shape index (κ1) is 17.4. The van der Waals surface area contributed by atoms with Gasteiger partial charge < -0.3 is 9.97 Å². The van der Waals surface area contributed by atoms with Crippen molar-refractivity contribution in [2.45, 2.75) is 25.3 Å². The summed E-state index contributed by atoms with van der Waals surface area (Å²) in [6.45, 7) is 2.16. The molecule has 2 unspecified atom stereocenters. The molecule has 2 aromatic heterocycles. The van der Waals surface area contributed by atoms with Crippen molar-refractivity contribution in [2.24, 2.45) is 5.92 Å². The van der Waals surface area contributed by atoms with E-state index >= 15 is 0 Å². The molecule has 4 heteroatoms. The zero-order valence-corrected chi connectivity index (χ0v) is 17.0. The summed E-state index contributed by atoms with van der Waals surface area (Å²) in [5.41, 5.74) is 6.88. The van der Waals surface area contributed by atoms with Crippen molar-refractivity contribution in [3.05, 3.63) is 82.7 Å². The Morgan fingerprint density at radius 3 is 2.90 bits per heavy atom. The minimum Gasteiger partial charge on any atom is -0.361 e. The normalized spacial score (nSPS) is 22.0. The van der Waals surface area contributed by atoms with E-state index in [4.69, 9.17) is 11.6 Å². The van der Waals surface area contributed by atoms with Gasteiger partial charge in [0.2, 0.25) is 0 Å². The van der Waals surface area contributed by atoms with Gasteiger partial charge in [-0.1, -0.05) is 35.9 Å². The molecule has 0 spiro atoms. The number of halogens is 1. The van der Waals surface area contributed by atoms with Crippen LogP contribution in [0.2, 0.25) is 5.02 Å². The number of fused-ring (bicyclic) bond motifs is 4. The van der Waals surface area contributed by atoms with Crippen molar-refractivity contribution < 1.29 is 0 Å². The lowest BCUT2D eigenvalue weighted by Crippen LogP contribution is -2.35. The number of aromatic nitrogens is 2. The van der Waals surface area contributed by atoms with Crippen LogP contribution in [-0.2, 0) is 12.8 Å². The highest BCUT2D eigenvalue weighted by molar-refractivity contribution is 6.31. The summed E-state index contributed by atoms with van der Waals surface area (Å²) in [4.78, 5) is 9.46. The Kier molecular flexibility index (Phi) is 4.07. The van der Waals surface area contributed by atoms with Gasteiger partial charge in [-0.2, -0.15) is 0 Å². The molecule has 0 amide bonds. The van der Waals surface area contributed by atoms with E-state index in [1.165, 1.54) is 40.3 Å². The van der Waals surface area contributed by atoms with Gasteiger partial charge in [0, 0.05) is 58.4 Å². The van der Waals surface area contributed by atoms with Crippen molar-refractivity contribution in [3.8, 4) is 0 Å². The topological polar surface area (TPSA) is 34.8 Å². The van der Waals surface area contributed by atoms with Gasteiger partial charge >= 0.3 is 0 Å². The lowest BCUT2D eigenvalue weighted by molar-refractivity contribution is 0.180. The molecule has 3 heterocycles. The smallest absolute Gasteiger partial charge is 0.0472 e. The van der Waals surface area contributed by atoms with Gasteiger partial charge in [0.1, 0.15) is 0 Å². The molecule has 29 heavy (non-hydrogen) atoms. The largest absolute Gasteiger partial charge is 0.361 e. The fourth-order valence-corrected chi connectivity index (χ4v) is 5.61. The van der Waals surface area contributed by atoms with Crippen LogP contribution in [0, 0.1) is 5.92 Å². The number of rotatable bonds is 3. The number of H-pyrrole nitrogens is 2. The minimum atomic E-state index is 0.422. The Balaban J connectivity index is 1.28. The van der Waals surface area contributed by atoms with E-state index in [1.54, 1.807) is 5.56 Å². The molecule has 146 valence electrons. The molecule has 1 aliphatic carbocycles. The first-order chi connectivity index (χ1) is 14.3. The average molecular weight is 402 g/mol. The quantitative estimate of drug-likeness (QED) is 0.404. The lowest BCUT2D eigenvalue weighted by Gasteiger charge is -2.34. The van der Waals surface area contributed by atoms with E-state index < -0.39 is 0 Å². The van der Waals surface area contributed by atoms with Crippen LogP contribution in [0.5, 0.6) is 0 Å². The summed E-state index contributed by atoms with van der Waals surface area (Å²) in [7, 11) is 0. The van der Waals surface area contributed by atoms with Crippen LogP contribution in [0.25, 0.3) is 21.8 Å². The summed E-state index contributed by atoms with van der Waals surface area (Å²) >= 11 is 6.19. The second-order valence-electron chi connectivity index (χ2n) is 8.53. The highest BCUT2D eigenvalue weighted by atomic mass is 35.5. The zero-order valence-electron chi connectivity index (χ0n) is 16.3. The maximum atomic E-state index is 6.19. The molecular weight excluding hydrogens is 378 g/mol. The summed E-state index contributed by atoms with van der Waals surface area (Å²) in [6.07, 6.45) is 12.3. The minimum absolute atomic E-state index is 0.422. The third-order valence-electron chi connectivity index (χ3n) is 6.78. The fraction of sp³-hybridized carbons (Fsp3) is 0.280. The van der Waals surface area contributed by atoms with E-state index in [-0.39, 0.29) is 0 Å². The second kappa shape index (κ2) is 6.79. The molecule has 1 aliphatic heterocycles. The van der Waals surface area contributed by atoms with Crippen LogP contribution < -0.4 is 0 Å². The standard InChI is InChI=1S/C25H24ClN3/c26-18-5-6-19-22(14-28-24(19)13-18)25-3-1-2-10-29(25)15-16-11-17-4-7-23-20(8-9-27-23)21(17)12-16/h1-2,4-9,13-14,16,25,27-28H,3,10-12,15H2. The SMILES string of the molecule is Clc1ccc2c(C3CC=CCN3CC3Cc4ccc5[nH]ccc5c4C3)c[nH]c2c1. The van der Waals surface area contributed by atoms with Gasteiger partial charge in [0.25, 0.3) is 0 Å². The van der Waals surface area contributed by atoms with Crippen molar-refractivity contribution in [1.82, 2.24) is 14.9 Å². The Hall–Kier alpha value is -2.49. The van der Waals surface area contributed by atoms with Gasteiger partial charge in [0.15, 0.2) is 0 Å². The molecule has 0 bridgehead atoms. The molecule has 6 rings (SSSR count). The zero-order chi connectivity index (χ0) is 19.4. The van der Waals surface area contributed by atoms with Crippen LogP contribution in [-0.4, -0.2) is 28.0 Å². The number of nitrogens with one attached hydrogen (secondary N) is 2. The van der Waals surface area contributed by atoms with E-state index in [0.717, 1.165) is 30.0 Å². The molecule has 2 aromatic carbocycles. The van der Waals surface area contributed by atoms with Crippen LogP contribution in [0.15, 0.2) is 60.9 Å². The molecule has 0 saturated carbocycles. The fourth-order valence-electron chi connectivity index (χ4n) is 5.44. The van der Waals surface area contributed by atoms with Crippen LogP contribution in [0.1, 0.15) is 29.2 Å². The molecule has 0 fully saturated rings. The number of hydrogen-bond donors (Lipinski definition) is 2. The summed E-state index contributed by atoms with van der Waals surface area (Å²) in [5.74, 6) is 0.680. The maximum Gasteiger partial charge on any atom is 0.0472 e. The van der Waals surface area contributed by atoms with Gasteiger partial charge in [0.05, 0.1) is 0 Å². The first-order valence-electron chi connectivity index (χ1n) is 10.5. The molecule has 2 atom stereocenters. The second-order valence-corrected chi connectivity index (χ2v) is 8.96. The van der Waals surface area contributed by atoms with Crippen molar-refractivity contribution in [1.29, 1.82) is 0 Å². The predicted octanol–water partition coefficient (Wildman–Crippen LogP) is 6.02. The molecule has 2 N–H and O–H groups in total. The lowest BCUT2D eigenvalue weighted by atomic mass is 9.96. The van der Waals surface area contributed by atoms with E-state index in [2.05, 4.69) is 63.7 Å². The summed E-state index contributed by atoms with van der Waals surface area (Å²) < 4.78 is 0. The molecule has 4 aromatic rings. The molecule has 0 saturated heterocycles. The first-order valence-corrected chi connectivity index (χ1v) is 10.9. The molecule has 0 radical (unpaired) electrons. The Morgan fingerprint density at radius 2 is 1.93 bits per heavy atom. The Morgan fingerprint density at radius 1 is 0.966 bits per heavy atom. The van der Waals surface area contributed by atoms with Gasteiger partial charge in [-0.3, -0.25) is 4.90 Å². The Labute approximate surface area is 175 Å². The van der Waals surface area contributed by atoms with Crippen LogP contribution >= 0.6 is 11.6 Å². The molecular formula is C25H24ClN3. The van der Waals surface area contributed by atoms with Gasteiger partial charge in [-0.25, -0.2) is 0 Å². The van der Waals surface area contributed by atoms with E-state index in [1.807, 2.05) is 12.1 Å². The third kappa shape index (κ3) is 2.92. The van der Waals surface area contributed by atoms with Crippen molar-refractivity contribution >= 4 is 33.4 Å². The predicted molar refractivity (Wildman–Crippen MR) is 121 cm³/mol. The summed E-state index contributed by atoms with van der Waals surface area (Å²) in [5, 5.41) is 3.49. The molecule has 2 aliphatic rings.